The predicted molar refractivity (Wildman–Crippen MR) is 68.0 cm³/mol. The first-order valence-corrected chi connectivity index (χ1v) is 5.42. The van der Waals surface area contributed by atoms with Crippen LogP contribution in [0.3, 0.4) is 0 Å². The Balaban J connectivity index is 2.62. The Kier molecular flexibility index (Phi) is 3.34. The van der Waals surface area contributed by atoms with E-state index in [9.17, 15) is 14.0 Å². The molecule has 0 fully saturated rings. The highest BCUT2D eigenvalue weighted by Crippen LogP contribution is 2.26. The predicted octanol–water partition coefficient (Wildman–Crippen LogP) is 1.87. The van der Waals surface area contributed by atoms with Crippen LogP contribution in [0.25, 0.3) is 11.1 Å². The number of hydrogen-bond acceptors (Lipinski definition) is 4. The third-order valence-electron chi connectivity index (χ3n) is 2.67. The van der Waals surface area contributed by atoms with Crippen LogP contribution in [0.1, 0.15) is 20.7 Å². The Hall–Kier alpha value is -2.96. The van der Waals surface area contributed by atoms with E-state index in [-0.39, 0.29) is 28.1 Å². The maximum absolute atomic E-state index is 13.8. The van der Waals surface area contributed by atoms with Crippen molar-refractivity contribution in [1.82, 2.24) is 4.98 Å². The first-order valence-electron chi connectivity index (χ1n) is 5.42. The lowest BCUT2D eigenvalue weighted by molar-refractivity contribution is 0.0686. The van der Waals surface area contributed by atoms with Gasteiger partial charge in [0.05, 0.1) is 5.56 Å². The molecule has 0 saturated carbocycles. The molecule has 0 spiro atoms. The molecule has 0 amide bonds. The Bertz CT molecular complexity index is 716. The quantitative estimate of drug-likeness (QED) is 0.788. The van der Waals surface area contributed by atoms with Crippen molar-refractivity contribution < 1.29 is 24.2 Å². The molecule has 20 heavy (non-hydrogen) atoms. The maximum atomic E-state index is 13.8. The van der Waals surface area contributed by atoms with Gasteiger partial charge < -0.3 is 15.9 Å². The number of nitrogen functional groups attached to an aromatic ring is 1. The van der Waals surface area contributed by atoms with Crippen molar-refractivity contribution in [1.29, 1.82) is 0 Å². The standard InChI is InChI=1S/C13H9FN2O4/c14-10-2-1-6(12(17)18)3-8(10)7-4-9(13(19)20)11(15)16-5-7/h1-5H,(H2,15,16)(H,17,18)(H,19,20). The van der Waals surface area contributed by atoms with Crippen molar-refractivity contribution in [2.45, 2.75) is 0 Å². The second-order valence-corrected chi connectivity index (χ2v) is 3.96. The van der Waals surface area contributed by atoms with E-state index in [2.05, 4.69) is 4.98 Å². The highest BCUT2D eigenvalue weighted by Gasteiger charge is 2.15. The van der Waals surface area contributed by atoms with Crippen molar-refractivity contribution >= 4 is 17.8 Å². The van der Waals surface area contributed by atoms with Gasteiger partial charge in [-0.1, -0.05) is 0 Å². The van der Waals surface area contributed by atoms with Crippen molar-refractivity contribution in [3.05, 3.63) is 47.4 Å². The third-order valence-corrected chi connectivity index (χ3v) is 2.67. The molecule has 2 aromatic rings. The van der Waals surface area contributed by atoms with E-state index in [1.165, 1.54) is 6.20 Å². The molecule has 0 bridgehead atoms. The summed E-state index contributed by atoms with van der Waals surface area (Å²) in [6.45, 7) is 0. The summed E-state index contributed by atoms with van der Waals surface area (Å²) in [6.07, 6.45) is 1.19. The summed E-state index contributed by atoms with van der Waals surface area (Å²) in [5.74, 6) is -3.39. The van der Waals surface area contributed by atoms with E-state index in [1.54, 1.807) is 0 Å². The number of hydrogen-bond donors (Lipinski definition) is 3. The number of pyridine rings is 1. The molecule has 0 aliphatic heterocycles. The largest absolute Gasteiger partial charge is 0.478 e. The number of carboxylic acids is 2. The Morgan fingerprint density at radius 1 is 1.15 bits per heavy atom. The fourth-order valence-corrected chi connectivity index (χ4v) is 1.67. The van der Waals surface area contributed by atoms with E-state index in [0.717, 1.165) is 24.3 Å². The summed E-state index contributed by atoms with van der Waals surface area (Å²) < 4.78 is 13.8. The molecule has 1 heterocycles. The topological polar surface area (TPSA) is 114 Å². The first kappa shape index (κ1) is 13.5. The Morgan fingerprint density at radius 3 is 2.45 bits per heavy atom. The number of nitrogens with zero attached hydrogens (tertiary/aromatic N) is 1. The van der Waals surface area contributed by atoms with E-state index >= 15 is 0 Å². The lowest BCUT2D eigenvalue weighted by Gasteiger charge is -2.07. The van der Waals surface area contributed by atoms with E-state index in [1.807, 2.05) is 0 Å². The van der Waals surface area contributed by atoms with Gasteiger partial charge in [0.2, 0.25) is 0 Å². The molecule has 4 N–H and O–H groups in total. The van der Waals surface area contributed by atoms with Gasteiger partial charge in [0.15, 0.2) is 0 Å². The molecule has 6 nitrogen and oxygen atoms in total. The summed E-state index contributed by atoms with van der Waals surface area (Å²) >= 11 is 0. The number of anilines is 1. The van der Waals surface area contributed by atoms with Crippen LogP contribution in [-0.2, 0) is 0 Å². The molecule has 1 aromatic heterocycles. The lowest BCUT2D eigenvalue weighted by atomic mass is 10.0. The minimum atomic E-state index is -1.30. The Morgan fingerprint density at radius 2 is 1.85 bits per heavy atom. The number of aromatic carboxylic acids is 2. The molecular weight excluding hydrogens is 267 g/mol. The van der Waals surface area contributed by atoms with Crippen LogP contribution in [0.4, 0.5) is 10.2 Å². The van der Waals surface area contributed by atoms with Gasteiger partial charge in [-0.25, -0.2) is 19.0 Å². The zero-order valence-corrected chi connectivity index (χ0v) is 10.0. The second kappa shape index (κ2) is 4.96. The molecule has 0 radical (unpaired) electrons. The molecule has 102 valence electrons. The van der Waals surface area contributed by atoms with E-state index < -0.39 is 17.8 Å². The van der Waals surface area contributed by atoms with Crippen molar-refractivity contribution in [3.63, 3.8) is 0 Å². The molecular formula is C13H9FN2O4. The maximum Gasteiger partial charge on any atom is 0.339 e. The summed E-state index contributed by atoms with van der Waals surface area (Å²) in [6, 6.07) is 4.37. The number of carbonyl (C=O) groups is 2. The van der Waals surface area contributed by atoms with Gasteiger partial charge in [-0.05, 0) is 24.3 Å². The van der Waals surface area contributed by atoms with Crippen LogP contribution in [0.5, 0.6) is 0 Å². The highest BCUT2D eigenvalue weighted by atomic mass is 19.1. The van der Waals surface area contributed by atoms with E-state index in [0.29, 0.717) is 0 Å². The number of nitrogens with two attached hydrogens (primary N) is 1. The van der Waals surface area contributed by atoms with Gasteiger partial charge in [0.1, 0.15) is 17.2 Å². The zero-order chi connectivity index (χ0) is 14.9. The van der Waals surface area contributed by atoms with Crippen LogP contribution in [-0.4, -0.2) is 27.1 Å². The van der Waals surface area contributed by atoms with Crippen LogP contribution >= 0.6 is 0 Å². The average molecular weight is 276 g/mol. The SMILES string of the molecule is Nc1ncc(-c2cc(C(=O)O)ccc2F)cc1C(=O)O. The van der Waals surface area contributed by atoms with Crippen LogP contribution in [0.15, 0.2) is 30.5 Å². The Labute approximate surface area is 112 Å². The number of halogens is 1. The van der Waals surface area contributed by atoms with Crippen molar-refractivity contribution in [3.8, 4) is 11.1 Å². The molecule has 0 atom stereocenters. The van der Waals surface area contributed by atoms with Gasteiger partial charge in [-0.15, -0.1) is 0 Å². The fourth-order valence-electron chi connectivity index (χ4n) is 1.67. The fraction of sp³-hybridized carbons (Fsp3) is 0. The molecule has 2 rings (SSSR count). The second-order valence-electron chi connectivity index (χ2n) is 3.96. The normalized spacial score (nSPS) is 10.2. The molecule has 0 saturated heterocycles. The minimum absolute atomic E-state index is 0.0556. The minimum Gasteiger partial charge on any atom is -0.478 e. The smallest absolute Gasteiger partial charge is 0.339 e. The number of rotatable bonds is 3. The zero-order valence-electron chi connectivity index (χ0n) is 10.0. The summed E-state index contributed by atoms with van der Waals surface area (Å²) in [5, 5.41) is 17.8. The highest BCUT2D eigenvalue weighted by molar-refractivity contribution is 5.94. The summed E-state index contributed by atoms with van der Waals surface area (Å²) in [4.78, 5) is 25.5. The van der Waals surface area contributed by atoms with Gasteiger partial charge >= 0.3 is 11.9 Å². The van der Waals surface area contributed by atoms with Gasteiger partial charge in [-0.2, -0.15) is 0 Å². The average Bonchev–Trinajstić information content (AvgIpc) is 2.39. The lowest BCUT2D eigenvalue weighted by Crippen LogP contribution is -2.05. The van der Waals surface area contributed by atoms with Crippen LogP contribution < -0.4 is 5.73 Å². The molecule has 0 unspecified atom stereocenters. The monoisotopic (exact) mass is 276 g/mol. The van der Waals surface area contributed by atoms with Crippen LogP contribution in [0, 0.1) is 5.82 Å². The summed E-state index contributed by atoms with van der Waals surface area (Å²) in [7, 11) is 0. The third kappa shape index (κ3) is 2.41. The number of carboxylic acid groups (broad SMARTS) is 2. The van der Waals surface area contributed by atoms with Gasteiger partial charge in [0, 0.05) is 17.3 Å². The van der Waals surface area contributed by atoms with Crippen molar-refractivity contribution in [2.75, 3.05) is 5.73 Å². The van der Waals surface area contributed by atoms with Crippen LogP contribution in [0.2, 0.25) is 0 Å². The summed E-state index contributed by atoms with van der Waals surface area (Å²) in [5.41, 5.74) is 5.09. The molecule has 0 aliphatic rings. The van der Waals surface area contributed by atoms with Gasteiger partial charge in [0.25, 0.3) is 0 Å². The van der Waals surface area contributed by atoms with E-state index in [4.69, 9.17) is 15.9 Å². The molecule has 7 heteroatoms. The number of aromatic nitrogens is 1. The molecule has 0 aliphatic carbocycles. The van der Waals surface area contributed by atoms with Crippen molar-refractivity contribution in [2.24, 2.45) is 0 Å². The number of benzene rings is 1. The molecule has 1 aromatic carbocycles. The van der Waals surface area contributed by atoms with Gasteiger partial charge in [-0.3, -0.25) is 0 Å². The first-order chi connectivity index (χ1) is 9.40.